The van der Waals surface area contributed by atoms with Gasteiger partial charge < -0.3 is 9.75 Å². The number of hydrazine groups is 1. The highest BCUT2D eigenvalue weighted by molar-refractivity contribution is 5.36. The topological polar surface area (TPSA) is 15.7 Å². The van der Waals surface area contributed by atoms with E-state index in [1.54, 1.807) is 18.3 Å². The summed E-state index contributed by atoms with van der Waals surface area (Å²) < 4.78 is 35.4. The van der Waals surface area contributed by atoms with E-state index in [2.05, 4.69) is 38.9 Å². The third kappa shape index (κ3) is 7.19. The lowest BCUT2D eigenvalue weighted by Crippen LogP contribution is -2.52. The van der Waals surface area contributed by atoms with Crippen LogP contribution in [0.5, 0.6) is 5.75 Å². The molecule has 0 amide bonds. The van der Waals surface area contributed by atoms with Gasteiger partial charge in [0.2, 0.25) is 5.82 Å². The maximum Gasteiger partial charge on any atom is 0.200 e. The zero-order valence-corrected chi connectivity index (χ0v) is 22.7. The fourth-order valence-corrected chi connectivity index (χ4v) is 5.15. The molecule has 2 rings (SSSR count). The number of likely N-dealkylation sites (N-methyl/N-ethyl adjacent to an activating group) is 1. The summed E-state index contributed by atoms with van der Waals surface area (Å²) in [6, 6.07) is 3.18. The Hall–Kier alpha value is -2.14. The van der Waals surface area contributed by atoms with Crippen LogP contribution in [0.4, 0.5) is 8.78 Å². The van der Waals surface area contributed by atoms with Gasteiger partial charge in [0.25, 0.3) is 0 Å². The minimum absolute atomic E-state index is 0.0126. The van der Waals surface area contributed by atoms with E-state index in [0.717, 1.165) is 50.5 Å². The number of ether oxygens (including phenoxy) is 1. The molecule has 0 spiro atoms. The quantitative estimate of drug-likeness (QED) is 0.139. The first kappa shape index (κ1) is 29.1. The van der Waals surface area contributed by atoms with Gasteiger partial charge in [-0.25, -0.2) is 9.40 Å². The Kier molecular flexibility index (Phi) is 11.5. The second-order valence-electron chi connectivity index (χ2n) is 10.0. The molecule has 1 aliphatic rings. The smallest absolute Gasteiger partial charge is 0.200 e. The van der Waals surface area contributed by atoms with E-state index in [9.17, 15) is 4.39 Å². The molecule has 0 radical (unpaired) electrons. The minimum Gasteiger partial charge on any atom is -0.490 e. The van der Waals surface area contributed by atoms with Crippen LogP contribution in [0.3, 0.4) is 0 Å². The fourth-order valence-electron chi connectivity index (χ4n) is 5.15. The second kappa shape index (κ2) is 13.8. The molecule has 5 heteroatoms. The summed E-state index contributed by atoms with van der Waals surface area (Å²) in [6.45, 7) is 17.2. The Labute approximate surface area is 212 Å². The zero-order valence-electron chi connectivity index (χ0n) is 22.7. The van der Waals surface area contributed by atoms with Gasteiger partial charge in [-0.1, -0.05) is 76.7 Å². The van der Waals surface area contributed by atoms with Gasteiger partial charge in [0.05, 0.1) is 18.7 Å². The van der Waals surface area contributed by atoms with Crippen LogP contribution in [0.15, 0.2) is 48.2 Å². The van der Waals surface area contributed by atoms with Gasteiger partial charge in [-0.05, 0) is 57.2 Å². The van der Waals surface area contributed by atoms with Crippen molar-refractivity contribution in [3.63, 3.8) is 0 Å². The largest absolute Gasteiger partial charge is 0.490 e. The lowest BCUT2D eigenvalue weighted by Gasteiger charge is -2.46. The molecule has 0 unspecified atom stereocenters. The van der Waals surface area contributed by atoms with Crippen LogP contribution >= 0.6 is 0 Å². The number of halogens is 2. The number of nitrogens with zero attached hydrogens (tertiary/aromatic N) is 2. The van der Waals surface area contributed by atoms with E-state index in [0.29, 0.717) is 6.61 Å². The van der Waals surface area contributed by atoms with E-state index in [4.69, 9.17) is 4.74 Å². The molecule has 1 fully saturated rings. The highest BCUT2D eigenvalue weighted by Crippen LogP contribution is 2.43. The molecule has 1 aromatic rings. The molecule has 1 saturated carbocycles. The highest BCUT2D eigenvalue weighted by Gasteiger charge is 2.42. The molecule has 0 bridgehead atoms. The maximum absolute atomic E-state index is 15.0. The van der Waals surface area contributed by atoms with Crippen molar-refractivity contribution < 1.29 is 13.5 Å². The third-order valence-corrected chi connectivity index (χ3v) is 7.76. The van der Waals surface area contributed by atoms with Crippen LogP contribution in [-0.2, 0) is 6.54 Å². The molecule has 35 heavy (non-hydrogen) atoms. The Morgan fingerprint density at radius 2 is 1.66 bits per heavy atom. The Balaban J connectivity index is 2.13. The SMILES string of the molecule is C=CN(Cc1ccc(OCCCCCCCC)c(F)c1F)N(C)C1(/C(C)=C(\C)C(=C)C)CCCC1. The van der Waals surface area contributed by atoms with Crippen LogP contribution in [0.1, 0.15) is 97.5 Å². The second-order valence-corrected chi connectivity index (χ2v) is 10.0. The van der Waals surface area contributed by atoms with Crippen LogP contribution in [0.25, 0.3) is 0 Å². The van der Waals surface area contributed by atoms with Crippen LogP contribution < -0.4 is 4.74 Å². The van der Waals surface area contributed by atoms with Crippen molar-refractivity contribution in [2.75, 3.05) is 13.7 Å². The van der Waals surface area contributed by atoms with Crippen molar-refractivity contribution in [2.24, 2.45) is 0 Å². The zero-order chi connectivity index (χ0) is 26.0. The van der Waals surface area contributed by atoms with Gasteiger partial charge in [0.1, 0.15) is 0 Å². The van der Waals surface area contributed by atoms with Crippen molar-refractivity contribution in [1.29, 1.82) is 0 Å². The maximum atomic E-state index is 15.0. The number of hydrogen-bond acceptors (Lipinski definition) is 3. The number of allylic oxidation sites excluding steroid dienone is 2. The van der Waals surface area contributed by atoms with E-state index >= 15 is 4.39 Å². The molecule has 0 aliphatic heterocycles. The summed E-state index contributed by atoms with van der Waals surface area (Å²) in [6.07, 6.45) is 12.7. The standard InChI is InChI=1S/C30H46F2N2O/c1-8-10-11-12-13-16-21-35-27-18-17-26(28(31)29(27)32)22-34(9-2)33(7)30(19-14-15-20-30)25(6)24(5)23(3)4/h9,17-18H,2-3,8,10-16,19-22H2,1,4-7H3/b25-24+. The van der Waals surface area contributed by atoms with Crippen molar-refractivity contribution in [3.05, 3.63) is 65.4 Å². The van der Waals surface area contributed by atoms with E-state index in [1.165, 1.54) is 30.4 Å². The van der Waals surface area contributed by atoms with E-state index < -0.39 is 11.6 Å². The molecule has 0 heterocycles. The fraction of sp³-hybridized carbons (Fsp3) is 0.600. The highest BCUT2D eigenvalue weighted by atomic mass is 19.2. The van der Waals surface area contributed by atoms with E-state index in [1.807, 2.05) is 19.0 Å². The third-order valence-electron chi connectivity index (χ3n) is 7.76. The van der Waals surface area contributed by atoms with Crippen molar-refractivity contribution >= 4 is 0 Å². The van der Waals surface area contributed by atoms with Crippen LogP contribution in [0, 0.1) is 11.6 Å². The molecular formula is C30H46F2N2O. The van der Waals surface area contributed by atoms with E-state index in [-0.39, 0.29) is 23.4 Å². The molecule has 1 aromatic carbocycles. The van der Waals surface area contributed by atoms with Crippen molar-refractivity contribution in [2.45, 2.75) is 104 Å². The predicted octanol–water partition coefficient (Wildman–Crippen LogP) is 8.72. The first-order valence-corrected chi connectivity index (χ1v) is 13.3. The lowest BCUT2D eigenvalue weighted by atomic mass is 9.84. The van der Waals surface area contributed by atoms with Gasteiger partial charge in [-0.3, -0.25) is 0 Å². The van der Waals surface area contributed by atoms with Gasteiger partial charge >= 0.3 is 0 Å². The number of benzene rings is 1. The molecular weight excluding hydrogens is 442 g/mol. The summed E-state index contributed by atoms with van der Waals surface area (Å²) in [5, 5.41) is 4.06. The van der Waals surface area contributed by atoms with Crippen LogP contribution in [0.2, 0.25) is 0 Å². The van der Waals surface area contributed by atoms with Crippen LogP contribution in [-0.4, -0.2) is 29.2 Å². The molecule has 3 nitrogen and oxygen atoms in total. The number of rotatable bonds is 15. The van der Waals surface area contributed by atoms with Gasteiger partial charge in [-0.15, -0.1) is 0 Å². The summed E-state index contributed by atoms with van der Waals surface area (Å²) >= 11 is 0. The number of unbranched alkanes of at least 4 members (excludes halogenated alkanes) is 5. The lowest BCUT2D eigenvalue weighted by molar-refractivity contribution is -0.0417. The monoisotopic (exact) mass is 488 g/mol. The normalized spacial score (nSPS) is 15.8. The predicted molar refractivity (Wildman–Crippen MR) is 143 cm³/mol. The van der Waals surface area contributed by atoms with Gasteiger partial charge in [0, 0.05) is 18.8 Å². The Morgan fingerprint density at radius 3 is 2.26 bits per heavy atom. The number of hydrogen-bond donors (Lipinski definition) is 0. The summed E-state index contributed by atoms with van der Waals surface area (Å²) in [5.74, 6) is -1.78. The summed E-state index contributed by atoms with van der Waals surface area (Å²) in [5.41, 5.74) is 3.63. The molecule has 196 valence electrons. The molecule has 0 saturated heterocycles. The molecule has 0 aromatic heterocycles. The van der Waals surface area contributed by atoms with Gasteiger partial charge in [0.15, 0.2) is 11.6 Å². The summed E-state index contributed by atoms with van der Waals surface area (Å²) in [4.78, 5) is 0. The summed E-state index contributed by atoms with van der Waals surface area (Å²) in [7, 11) is 2.02. The first-order valence-electron chi connectivity index (χ1n) is 13.3. The Bertz CT molecular complexity index is 887. The first-order chi connectivity index (χ1) is 16.7. The Morgan fingerprint density at radius 1 is 1.03 bits per heavy atom. The molecule has 0 atom stereocenters. The average Bonchev–Trinajstić information content (AvgIpc) is 3.35. The van der Waals surface area contributed by atoms with Crippen molar-refractivity contribution in [3.8, 4) is 5.75 Å². The van der Waals surface area contributed by atoms with Crippen molar-refractivity contribution in [1.82, 2.24) is 10.0 Å². The minimum atomic E-state index is -0.912. The average molecular weight is 489 g/mol. The molecule has 0 N–H and O–H groups in total. The molecule has 1 aliphatic carbocycles. The van der Waals surface area contributed by atoms with Gasteiger partial charge in [-0.2, -0.15) is 4.39 Å².